The van der Waals surface area contributed by atoms with Crippen LogP contribution in [0.5, 0.6) is 0 Å². The van der Waals surface area contributed by atoms with Crippen LogP contribution < -0.4 is 0 Å². The normalized spacial score (nSPS) is 23.9. The zero-order chi connectivity index (χ0) is 13.0. The van der Waals surface area contributed by atoms with E-state index in [-0.39, 0.29) is 0 Å². The fourth-order valence-corrected chi connectivity index (χ4v) is 2.97. The molecule has 2 rings (SSSR count). The fraction of sp³-hybridized carbons (Fsp3) is 0.562. The van der Waals surface area contributed by atoms with Gasteiger partial charge in [0.1, 0.15) is 5.78 Å². The Bertz CT molecular complexity index is 388. The number of benzene rings is 1. The smallest absolute Gasteiger partial charge is 0.140 e. The third kappa shape index (κ3) is 3.58. The van der Waals surface area contributed by atoms with Crippen molar-refractivity contribution >= 4 is 17.4 Å². The van der Waals surface area contributed by atoms with Crippen LogP contribution in [-0.4, -0.2) is 5.78 Å². The lowest BCUT2D eigenvalue weighted by atomic mass is 9.78. The molecule has 1 nitrogen and oxygen atoms in total. The van der Waals surface area contributed by atoms with Gasteiger partial charge in [0.2, 0.25) is 0 Å². The molecule has 0 amide bonds. The quantitative estimate of drug-likeness (QED) is 0.772. The molecule has 0 atom stereocenters. The Labute approximate surface area is 115 Å². The van der Waals surface area contributed by atoms with Crippen LogP contribution in [0.15, 0.2) is 24.3 Å². The molecule has 0 aromatic heterocycles. The number of Topliss-reactive ketones (excluding diaryl/α,β-unsaturated/α-hetero) is 1. The number of hydrogen-bond donors (Lipinski definition) is 0. The Morgan fingerprint density at radius 2 is 1.78 bits per heavy atom. The predicted octanol–water partition coefficient (Wildman–Crippen LogP) is 4.67. The van der Waals surface area contributed by atoms with Crippen molar-refractivity contribution in [3.8, 4) is 0 Å². The summed E-state index contributed by atoms with van der Waals surface area (Å²) < 4.78 is 0. The highest BCUT2D eigenvalue weighted by molar-refractivity contribution is 6.30. The Hall–Kier alpha value is -0.820. The second-order valence-electron chi connectivity index (χ2n) is 5.40. The molecular formula is C16H21ClO. The van der Waals surface area contributed by atoms with Crippen LogP contribution in [0.3, 0.4) is 0 Å². The van der Waals surface area contributed by atoms with E-state index in [4.69, 9.17) is 11.6 Å². The molecule has 18 heavy (non-hydrogen) atoms. The van der Waals surface area contributed by atoms with Crippen molar-refractivity contribution in [2.45, 2.75) is 45.4 Å². The third-order valence-corrected chi connectivity index (χ3v) is 4.42. The van der Waals surface area contributed by atoms with Gasteiger partial charge in [0, 0.05) is 17.4 Å². The lowest BCUT2D eigenvalue weighted by Gasteiger charge is -2.26. The monoisotopic (exact) mass is 264 g/mol. The molecule has 2 heteroatoms. The molecule has 0 N–H and O–H groups in total. The number of halogens is 1. The molecule has 0 heterocycles. The summed E-state index contributed by atoms with van der Waals surface area (Å²) in [7, 11) is 0. The Morgan fingerprint density at radius 3 is 2.33 bits per heavy atom. The van der Waals surface area contributed by atoms with E-state index >= 15 is 0 Å². The first-order valence-electron chi connectivity index (χ1n) is 6.96. The minimum atomic E-state index is 0.295. The van der Waals surface area contributed by atoms with E-state index in [1.807, 2.05) is 24.3 Å². The number of hydrogen-bond acceptors (Lipinski definition) is 1. The summed E-state index contributed by atoms with van der Waals surface area (Å²) >= 11 is 5.84. The maximum atomic E-state index is 12.2. The van der Waals surface area contributed by atoms with Gasteiger partial charge in [-0.15, -0.1) is 0 Å². The molecule has 0 spiro atoms. The first kappa shape index (κ1) is 13.6. The number of ketones is 1. The van der Waals surface area contributed by atoms with E-state index in [2.05, 4.69) is 6.92 Å². The van der Waals surface area contributed by atoms with Crippen LogP contribution in [-0.2, 0) is 11.2 Å². The predicted molar refractivity (Wildman–Crippen MR) is 75.9 cm³/mol. The zero-order valence-electron chi connectivity index (χ0n) is 11.0. The van der Waals surface area contributed by atoms with Crippen molar-refractivity contribution in [2.24, 2.45) is 11.8 Å². The average Bonchev–Trinajstić information content (AvgIpc) is 2.41. The summed E-state index contributed by atoms with van der Waals surface area (Å²) in [6.07, 6.45) is 6.47. The van der Waals surface area contributed by atoms with E-state index in [0.29, 0.717) is 18.1 Å². The van der Waals surface area contributed by atoms with Crippen molar-refractivity contribution in [1.82, 2.24) is 0 Å². The number of carbonyl (C=O) groups excluding carboxylic acids is 1. The third-order valence-electron chi connectivity index (χ3n) is 4.17. The van der Waals surface area contributed by atoms with Crippen LogP contribution in [0.1, 0.15) is 44.6 Å². The number of carbonyl (C=O) groups is 1. The lowest BCUT2D eigenvalue weighted by molar-refractivity contribution is -0.123. The van der Waals surface area contributed by atoms with Crippen LogP contribution in [0.4, 0.5) is 0 Å². The Morgan fingerprint density at radius 1 is 1.17 bits per heavy atom. The molecule has 1 saturated carbocycles. The molecule has 1 aliphatic rings. The first-order chi connectivity index (χ1) is 8.69. The summed E-state index contributed by atoms with van der Waals surface area (Å²) in [5.41, 5.74) is 1.09. The van der Waals surface area contributed by atoms with Crippen LogP contribution >= 0.6 is 11.6 Å². The maximum Gasteiger partial charge on any atom is 0.140 e. The van der Waals surface area contributed by atoms with Gasteiger partial charge < -0.3 is 0 Å². The van der Waals surface area contributed by atoms with E-state index in [1.165, 1.54) is 19.3 Å². The lowest BCUT2D eigenvalue weighted by Crippen LogP contribution is -2.23. The molecule has 98 valence electrons. The summed E-state index contributed by atoms with van der Waals surface area (Å²) in [6, 6.07) is 7.63. The van der Waals surface area contributed by atoms with Crippen molar-refractivity contribution in [3.63, 3.8) is 0 Å². The summed E-state index contributed by atoms with van der Waals surface area (Å²) in [5, 5.41) is 0.731. The molecule has 1 aromatic carbocycles. The molecule has 0 unspecified atom stereocenters. The second-order valence-corrected chi connectivity index (χ2v) is 5.83. The topological polar surface area (TPSA) is 17.1 Å². The molecular weight excluding hydrogens is 244 g/mol. The van der Waals surface area contributed by atoms with Gasteiger partial charge in [-0.25, -0.2) is 0 Å². The fourth-order valence-electron chi connectivity index (χ4n) is 2.84. The second kappa shape index (κ2) is 6.38. The standard InChI is InChI=1S/C16H21ClO/c1-2-12-3-7-14(8-4-12)16(18)11-13-5-9-15(17)10-6-13/h5-6,9-10,12,14H,2-4,7-8,11H2,1H3. The first-order valence-corrected chi connectivity index (χ1v) is 7.34. The maximum absolute atomic E-state index is 12.2. The summed E-state index contributed by atoms with van der Waals surface area (Å²) in [5.74, 6) is 1.56. The SMILES string of the molecule is CCC1CCC(C(=O)Cc2ccc(Cl)cc2)CC1. The summed E-state index contributed by atoms with van der Waals surface area (Å²) in [6.45, 7) is 2.25. The van der Waals surface area contributed by atoms with E-state index in [9.17, 15) is 4.79 Å². The minimum absolute atomic E-state index is 0.295. The minimum Gasteiger partial charge on any atom is -0.299 e. The number of rotatable bonds is 4. The Balaban J connectivity index is 1.87. The van der Waals surface area contributed by atoms with Crippen LogP contribution in [0.2, 0.25) is 5.02 Å². The molecule has 0 saturated heterocycles. The summed E-state index contributed by atoms with van der Waals surface area (Å²) in [4.78, 5) is 12.2. The zero-order valence-corrected chi connectivity index (χ0v) is 11.7. The molecule has 0 radical (unpaired) electrons. The highest BCUT2D eigenvalue weighted by Gasteiger charge is 2.25. The van der Waals surface area contributed by atoms with Crippen molar-refractivity contribution < 1.29 is 4.79 Å². The highest BCUT2D eigenvalue weighted by Crippen LogP contribution is 2.31. The van der Waals surface area contributed by atoms with Gasteiger partial charge in [0.15, 0.2) is 0 Å². The van der Waals surface area contributed by atoms with Gasteiger partial charge in [-0.3, -0.25) is 4.79 Å². The average molecular weight is 265 g/mol. The van der Waals surface area contributed by atoms with Gasteiger partial charge in [0.25, 0.3) is 0 Å². The van der Waals surface area contributed by atoms with Crippen molar-refractivity contribution in [1.29, 1.82) is 0 Å². The van der Waals surface area contributed by atoms with Gasteiger partial charge in [-0.1, -0.05) is 37.1 Å². The molecule has 1 fully saturated rings. The highest BCUT2D eigenvalue weighted by atomic mass is 35.5. The van der Waals surface area contributed by atoms with Gasteiger partial charge in [0.05, 0.1) is 0 Å². The van der Waals surface area contributed by atoms with Gasteiger partial charge >= 0.3 is 0 Å². The van der Waals surface area contributed by atoms with Crippen LogP contribution in [0, 0.1) is 11.8 Å². The van der Waals surface area contributed by atoms with Gasteiger partial charge in [-0.2, -0.15) is 0 Å². The molecule has 1 aromatic rings. The molecule has 0 bridgehead atoms. The van der Waals surface area contributed by atoms with Crippen molar-refractivity contribution in [3.05, 3.63) is 34.9 Å². The van der Waals surface area contributed by atoms with Gasteiger partial charge in [-0.05, 0) is 49.3 Å². The van der Waals surface area contributed by atoms with E-state index in [1.54, 1.807) is 0 Å². The largest absolute Gasteiger partial charge is 0.299 e. The molecule has 0 aliphatic heterocycles. The Kier molecular flexibility index (Phi) is 4.82. The van der Waals surface area contributed by atoms with Crippen molar-refractivity contribution in [2.75, 3.05) is 0 Å². The van der Waals surface area contributed by atoms with E-state index < -0.39 is 0 Å². The van der Waals surface area contributed by atoms with Crippen LogP contribution in [0.25, 0.3) is 0 Å². The molecule has 1 aliphatic carbocycles. The van der Waals surface area contributed by atoms with E-state index in [0.717, 1.165) is 29.3 Å².